The average Bonchev–Trinajstić information content (AvgIpc) is 3.11. The Kier molecular flexibility index (Phi) is 10.0. The van der Waals surface area contributed by atoms with Crippen molar-refractivity contribution in [2.24, 2.45) is 4.99 Å². The fourth-order valence-electron chi connectivity index (χ4n) is 3.13. The quantitative estimate of drug-likeness (QED) is 0.255. The summed E-state index contributed by atoms with van der Waals surface area (Å²) in [7, 11) is 0. The van der Waals surface area contributed by atoms with E-state index < -0.39 is 0 Å². The van der Waals surface area contributed by atoms with Gasteiger partial charge < -0.3 is 19.5 Å². The first kappa shape index (κ1) is 23.8. The van der Waals surface area contributed by atoms with Crippen molar-refractivity contribution in [3.63, 3.8) is 0 Å². The number of para-hydroxylation sites is 1. The summed E-state index contributed by atoms with van der Waals surface area (Å²) in [6, 6.07) is 9.49. The summed E-state index contributed by atoms with van der Waals surface area (Å²) in [5.41, 5.74) is 0.989. The van der Waals surface area contributed by atoms with Crippen LogP contribution < -0.4 is 10.1 Å². The molecule has 1 saturated heterocycles. The van der Waals surface area contributed by atoms with E-state index in [1.807, 2.05) is 37.3 Å². The molecule has 0 amide bonds. The van der Waals surface area contributed by atoms with Gasteiger partial charge in [0.25, 0.3) is 0 Å². The van der Waals surface area contributed by atoms with Crippen LogP contribution in [0.2, 0.25) is 5.02 Å². The van der Waals surface area contributed by atoms with Crippen LogP contribution in [0.1, 0.15) is 18.4 Å². The van der Waals surface area contributed by atoms with Crippen molar-refractivity contribution in [2.45, 2.75) is 20.4 Å². The summed E-state index contributed by atoms with van der Waals surface area (Å²) in [5.74, 6) is 2.48. The lowest BCUT2D eigenvalue weighted by molar-refractivity contribution is 0.168. The molecule has 2 aromatic rings. The number of hydrogen-bond donors (Lipinski definition) is 1. The molecular weight excluding hydrogens is 505 g/mol. The standard InChI is InChI=1S/C20H28ClN5O2.HI/c1-3-22-20(23-8-13-27-19-7-5-4-6-18(19)21)26-11-9-25(10-12-26)15-17-14-16(2)28-24-17;/h4-7,14H,3,8-13,15H2,1-2H3,(H,22,23);1H. The maximum atomic E-state index is 6.11. The van der Waals surface area contributed by atoms with E-state index in [1.54, 1.807) is 0 Å². The predicted molar refractivity (Wildman–Crippen MR) is 126 cm³/mol. The van der Waals surface area contributed by atoms with E-state index in [1.165, 1.54) is 0 Å². The number of rotatable bonds is 7. The molecule has 1 N–H and O–H groups in total. The lowest BCUT2D eigenvalue weighted by Gasteiger charge is -2.36. The van der Waals surface area contributed by atoms with Crippen molar-refractivity contribution in [3.05, 3.63) is 46.8 Å². The number of halogens is 2. The van der Waals surface area contributed by atoms with Crippen molar-refractivity contribution < 1.29 is 9.26 Å². The largest absolute Gasteiger partial charge is 0.490 e. The van der Waals surface area contributed by atoms with Gasteiger partial charge in [-0.05, 0) is 26.0 Å². The number of benzene rings is 1. The maximum absolute atomic E-state index is 6.11. The third kappa shape index (κ3) is 7.35. The highest BCUT2D eigenvalue weighted by Crippen LogP contribution is 2.22. The minimum Gasteiger partial charge on any atom is -0.490 e. The number of ether oxygens (including phenoxy) is 1. The molecule has 7 nitrogen and oxygen atoms in total. The Morgan fingerprint density at radius 2 is 2.03 bits per heavy atom. The number of piperazine rings is 1. The summed E-state index contributed by atoms with van der Waals surface area (Å²) < 4.78 is 10.9. The summed E-state index contributed by atoms with van der Waals surface area (Å²) in [6.07, 6.45) is 0. The minimum atomic E-state index is 0. The summed E-state index contributed by atoms with van der Waals surface area (Å²) >= 11 is 6.11. The Bertz CT molecular complexity index is 778. The summed E-state index contributed by atoms with van der Waals surface area (Å²) in [6.45, 7) is 10.5. The molecule has 3 rings (SSSR count). The van der Waals surface area contributed by atoms with Gasteiger partial charge in [-0.1, -0.05) is 28.9 Å². The Morgan fingerprint density at radius 1 is 1.28 bits per heavy atom. The fraction of sp³-hybridized carbons (Fsp3) is 0.500. The highest BCUT2D eigenvalue weighted by Gasteiger charge is 2.20. The molecule has 1 aromatic carbocycles. The molecule has 0 aliphatic carbocycles. The third-order valence-corrected chi connectivity index (χ3v) is 4.83. The van der Waals surface area contributed by atoms with Gasteiger partial charge in [-0.2, -0.15) is 0 Å². The first-order valence-electron chi connectivity index (χ1n) is 9.71. The lowest BCUT2D eigenvalue weighted by atomic mass is 10.3. The average molecular weight is 534 g/mol. The maximum Gasteiger partial charge on any atom is 0.194 e. The normalized spacial score (nSPS) is 15.1. The van der Waals surface area contributed by atoms with Crippen molar-refractivity contribution in [1.29, 1.82) is 0 Å². The van der Waals surface area contributed by atoms with Gasteiger partial charge in [0.1, 0.15) is 18.1 Å². The van der Waals surface area contributed by atoms with Crippen LogP contribution in [-0.4, -0.2) is 66.8 Å². The molecule has 0 atom stereocenters. The van der Waals surface area contributed by atoms with Gasteiger partial charge in [0.2, 0.25) is 0 Å². The minimum absolute atomic E-state index is 0. The molecular formula is C20H29ClIN5O2. The number of nitrogens with zero attached hydrogens (tertiary/aromatic N) is 4. The van der Waals surface area contributed by atoms with E-state index >= 15 is 0 Å². The molecule has 29 heavy (non-hydrogen) atoms. The second kappa shape index (κ2) is 12.2. The molecule has 1 aliphatic rings. The highest BCUT2D eigenvalue weighted by molar-refractivity contribution is 14.0. The van der Waals surface area contributed by atoms with Crippen molar-refractivity contribution in [3.8, 4) is 5.75 Å². The molecule has 0 saturated carbocycles. The molecule has 0 bridgehead atoms. The van der Waals surface area contributed by atoms with Gasteiger partial charge in [-0.3, -0.25) is 4.90 Å². The van der Waals surface area contributed by atoms with E-state index in [0.29, 0.717) is 23.9 Å². The fourth-order valence-corrected chi connectivity index (χ4v) is 3.32. The molecule has 1 aliphatic heterocycles. The number of aromatic nitrogens is 1. The smallest absolute Gasteiger partial charge is 0.194 e. The Balaban J connectivity index is 0.00000300. The number of nitrogens with one attached hydrogen (secondary N) is 1. The third-order valence-electron chi connectivity index (χ3n) is 4.52. The Morgan fingerprint density at radius 3 is 2.69 bits per heavy atom. The van der Waals surface area contributed by atoms with Crippen LogP contribution in [0.5, 0.6) is 5.75 Å². The number of aryl methyl sites for hydroxylation is 1. The zero-order valence-corrected chi connectivity index (χ0v) is 20.0. The monoisotopic (exact) mass is 533 g/mol. The highest BCUT2D eigenvalue weighted by atomic mass is 127. The van der Waals surface area contributed by atoms with E-state index in [2.05, 4.69) is 27.2 Å². The van der Waals surface area contributed by atoms with Gasteiger partial charge in [-0.25, -0.2) is 4.99 Å². The molecule has 160 valence electrons. The van der Waals surface area contributed by atoms with Crippen LogP contribution in [0.3, 0.4) is 0 Å². The van der Waals surface area contributed by atoms with Gasteiger partial charge in [0.05, 0.1) is 17.3 Å². The summed E-state index contributed by atoms with van der Waals surface area (Å²) in [5, 5.41) is 8.09. The van der Waals surface area contributed by atoms with E-state index in [4.69, 9.17) is 25.9 Å². The lowest BCUT2D eigenvalue weighted by Crippen LogP contribution is -2.52. The molecule has 0 unspecified atom stereocenters. The topological polar surface area (TPSA) is 66.1 Å². The van der Waals surface area contributed by atoms with Crippen LogP contribution in [-0.2, 0) is 6.54 Å². The number of hydrogen-bond acceptors (Lipinski definition) is 5. The molecule has 9 heteroatoms. The second-order valence-corrected chi connectivity index (χ2v) is 7.11. The van der Waals surface area contributed by atoms with E-state index in [0.717, 1.165) is 56.7 Å². The van der Waals surface area contributed by atoms with Crippen molar-refractivity contribution in [1.82, 2.24) is 20.3 Å². The Hall–Kier alpha value is -1.52. The van der Waals surface area contributed by atoms with Crippen LogP contribution >= 0.6 is 35.6 Å². The van der Waals surface area contributed by atoms with Crippen LogP contribution in [0.4, 0.5) is 0 Å². The summed E-state index contributed by atoms with van der Waals surface area (Å²) in [4.78, 5) is 9.39. The Labute approximate surface area is 194 Å². The van der Waals surface area contributed by atoms with Crippen LogP contribution in [0.15, 0.2) is 39.8 Å². The van der Waals surface area contributed by atoms with Crippen molar-refractivity contribution in [2.75, 3.05) is 45.9 Å². The second-order valence-electron chi connectivity index (χ2n) is 6.71. The predicted octanol–water partition coefficient (Wildman–Crippen LogP) is 3.42. The van der Waals surface area contributed by atoms with Crippen LogP contribution in [0.25, 0.3) is 0 Å². The molecule has 0 spiro atoms. The van der Waals surface area contributed by atoms with E-state index in [9.17, 15) is 0 Å². The van der Waals surface area contributed by atoms with Gasteiger partial charge in [0.15, 0.2) is 5.96 Å². The number of aliphatic imine (C=N–C) groups is 1. The van der Waals surface area contributed by atoms with Crippen molar-refractivity contribution >= 4 is 41.5 Å². The molecule has 1 fully saturated rings. The zero-order valence-electron chi connectivity index (χ0n) is 16.9. The number of guanidine groups is 1. The molecule has 0 radical (unpaired) electrons. The molecule has 1 aromatic heterocycles. The van der Waals surface area contributed by atoms with Gasteiger partial charge in [-0.15, -0.1) is 24.0 Å². The molecule has 2 heterocycles. The van der Waals surface area contributed by atoms with Gasteiger partial charge in [0, 0.05) is 45.3 Å². The zero-order chi connectivity index (χ0) is 19.8. The van der Waals surface area contributed by atoms with Crippen LogP contribution in [0, 0.1) is 6.92 Å². The van der Waals surface area contributed by atoms with Gasteiger partial charge >= 0.3 is 0 Å². The first-order chi connectivity index (χ1) is 13.7. The SMILES string of the molecule is CCNC(=NCCOc1ccccc1Cl)N1CCN(Cc2cc(C)on2)CC1.I. The first-order valence-corrected chi connectivity index (χ1v) is 10.1. The van der Waals surface area contributed by atoms with E-state index in [-0.39, 0.29) is 24.0 Å².